The number of nitrogens with one attached hydrogen (secondary N) is 1. The Balaban J connectivity index is 2.79. The average Bonchev–Trinajstić information content (AvgIpc) is 2.25. The highest BCUT2D eigenvalue weighted by Crippen LogP contribution is 2.26. The third kappa shape index (κ3) is 3.85. The van der Waals surface area contributed by atoms with E-state index < -0.39 is 0 Å². The lowest BCUT2D eigenvalue weighted by atomic mass is 10.0. The molecule has 0 aromatic carbocycles. The normalized spacial score (nSPS) is 12.8. The van der Waals surface area contributed by atoms with Crippen LogP contribution < -0.4 is 11.1 Å². The van der Waals surface area contributed by atoms with Gasteiger partial charge in [0, 0.05) is 25.3 Å². The Morgan fingerprint density at radius 2 is 2.06 bits per heavy atom. The molecule has 0 aliphatic carbocycles. The van der Waals surface area contributed by atoms with Gasteiger partial charge in [0.15, 0.2) is 0 Å². The molecule has 0 aliphatic heterocycles. The van der Waals surface area contributed by atoms with Crippen molar-refractivity contribution in [3.05, 3.63) is 11.9 Å². The van der Waals surface area contributed by atoms with Crippen LogP contribution in [0.3, 0.4) is 0 Å². The van der Waals surface area contributed by atoms with Gasteiger partial charge in [0.1, 0.15) is 18.0 Å². The van der Waals surface area contributed by atoms with E-state index in [9.17, 15) is 0 Å². The molecule has 0 fully saturated rings. The van der Waals surface area contributed by atoms with Gasteiger partial charge in [-0.25, -0.2) is 9.97 Å². The number of anilines is 2. The second-order valence-electron chi connectivity index (χ2n) is 4.50. The summed E-state index contributed by atoms with van der Waals surface area (Å²) in [5, 5.41) is 3.36. The van der Waals surface area contributed by atoms with Crippen molar-refractivity contribution in [1.82, 2.24) is 9.97 Å². The molecule has 1 aromatic rings. The van der Waals surface area contributed by atoms with Gasteiger partial charge in [0.05, 0.1) is 0 Å². The summed E-state index contributed by atoms with van der Waals surface area (Å²) in [6.45, 7) is 6.99. The van der Waals surface area contributed by atoms with Gasteiger partial charge in [-0.05, 0) is 19.3 Å². The highest BCUT2D eigenvalue weighted by molar-refractivity contribution is 5.56. The Morgan fingerprint density at radius 1 is 1.35 bits per heavy atom. The zero-order valence-electron chi connectivity index (χ0n) is 11.0. The molecule has 1 heterocycles. The average molecular weight is 238 g/mol. The second-order valence-corrected chi connectivity index (χ2v) is 4.50. The van der Waals surface area contributed by atoms with E-state index in [1.54, 1.807) is 7.11 Å². The molecule has 0 radical (unpaired) electrons. The summed E-state index contributed by atoms with van der Waals surface area (Å²) in [6.07, 6.45) is 2.42. The number of methoxy groups -OCH3 is 1. The van der Waals surface area contributed by atoms with Crippen LogP contribution in [0.5, 0.6) is 0 Å². The van der Waals surface area contributed by atoms with E-state index in [0.29, 0.717) is 17.8 Å². The van der Waals surface area contributed by atoms with Crippen LogP contribution in [0.4, 0.5) is 11.6 Å². The van der Waals surface area contributed by atoms with Crippen LogP contribution >= 0.6 is 0 Å². The maximum absolute atomic E-state index is 5.88. The standard InChI is InChI=1S/C12H22N4O/c1-8(2)10-11(13)14-7-15-12(10)16-9(3)5-6-17-4/h7-9H,5-6H2,1-4H3,(H3,13,14,15,16). The number of nitrogen functional groups attached to an aromatic ring is 1. The van der Waals surface area contributed by atoms with Gasteiger partial charge in [-0.1, -0.05) is 13.8 Å². The quantitative estimate of drug-likeness (QED) is 0.793. The van der Waals surface area contributed by atoms with E-state index in [0.717, 1.165) is 24.4 Å². The summed E-state index contributed by atoms with van der Waals surface area (Å²) in [6, 6.07) is 0.293. The van der Waals surface area contributed by atoms with Crippen LogP contribution in [0.1, 0.15) is 38.7 Å². The van der Waals surface area contributed by atoms with Crippen molar-refractivity contribution in [3.8, 4) is 0 Å². The first-order valence-corrected chi connectivity index (χ1v) is 5.92. The molecular weight excluding hydrogens is 216 g/mol. The van der Waals surface area contributed by atoms with Crippen molar-refractivity contribution in [3.63, 3.8) is 0 Å². The fourth-order valence-electron chi connectivity index (χ4n) is 1.69. The van der Waals surface area contributed by atoms with Gasteiger partial charge in [0.25, 0.3) is 0 Å². The largest absolute Gasteiger partial charge is 0.385 e. The number of hydrogen-bond acceptors (Lipinski definition) is 5. The van der Waals surface area contributed by atoms with Crippen molar-refractivity contribution < 1.29 is 4.74 Å². The zero-order chi connectivity index (χ0) is 12.8. The molecule has 1 aromatic heterocycles. The summed E-state index contributed by atoms with van der Waals surface area (Å²) in [7, 11) is 1.70. The maximum Gasteiger partial charge on any atom is 0.135 e. The molecule has 5 heteroatoms. The van der Waals surface area contributed by atoms with E-state index in [-0.39, 0.29) is 0 Å². The van der Waals surface area contributed by atoms with Crippen LogP contribution in [-0.2, 0) is 4.74 Å². The smallest absolute Gasteiger partial charge is 0.135 e. The van der Waals surface area contributed by atoms with E-state index in [1.165, 1.54) is 6.33 Å². The van der Waals surface area contributed by atoms with E-state index in [1.807, 2.05) is 0 Å². The summed E-state index contributed by atoms with van der Waals surface area (Å²) < 4.78 is 5.05. The maximum atomic E-state index is 5.88. The predicted octanol–water partition coefficient (Wildman–Crippen LogP) is 2.02. The first kappa shape index (κ1) is 13.7. The van der Waals surface area contributed by atoms with E-state index >= 15 is 0 Å². The summed E-state index contributed by atoms with van der Waals surface area (Å²) in [5.41, 5.74) is 6.87. The Bertz CT molecular complexity index is 354. The van der Waals surface area contributed by atoms with Gasteiger partial charge in [-0.3, -0.25) is 0 Å². The minimum Gasteiger partial charge on any atom is -0.385 e. The molecule has 0 amide bonds. The van der Waals surface area contributed by atoms with E-state index in [2.05, 4.69) is 36.1 Å². The molecule has 0 bridgehead atoms. The SMILES string of the molecule is COCCC(C)Nc1ncnc(N)c1C(C)C. The molecule has 5 nitrogen and oxygen atoms in total. The summed E-state index contributed by atoms with van der Waals surface area (Å²) >= 11 is 0. The van der Waals surface area contributed by atoms with Crippen LogP contribution in [0.15, 0.2) is 6.33 Å². The van der Waals surface area contributed by atoms with Gasteiger partial charge in [0.2, 0.25) is 0 Å². The zero-order valence-corrected chi connectivity index (χ0v) is 11.0. The first-order chi connectivity index (χ1) is 8.06. The third-order valence-electron chi connectivity index (χ3n) is 2.63. The molecule has 0 saturated carbocycles. The van der Waals surface area contributed by atoms with E-state index in [4.69, 9.17) is 10.5 Å². The lowest BCUT2D eigenvalue weighted by Crippen LogP contribution is -2.20. The summed E-state index contributed by atoms with van der Waals surface area (Å²) in [4.78, 5) is 8.30. The molecular formula is C12H22N4O. The molecule has 1 atom stereocenters. The molecule has 0 aliphatic rings. The molecule has 1 rings (SSSR count). The minimum absolute atomic E-state index is 0.293. The lowest BCUT2D eigenvalue weighted by molar-refractivity contribution is 0.191. The van der Waals surface area contributed by atoms with Gasteiger partial charge in [-0.2, -0.15) is 0 Å². The fraction of sp³-hybridized carbons (Fsp3) is 0.667. The molecule has 3 N–H and O–H groups in total. The lowest BCUT2D eigenvalue weighted by Gasteiger charge is -2.19. The topological polar surface area (TPSA) is 73.1 Å². The van der Waals surface area contributed by atoms with Crippen LogP contribution in [0.25, 0.3) is 0 Å². The molecule has 17 heavy (non-hydrogen) atoms. The first-order valence-electron chi connectivity index (χ1n) is 5.92. The second kappa shape index (κ2) is 6.39. The van der Waals surface area contributed by atoms with Gasteiger partial charge in [-0.15, -0.1) is 0 Å². The van der Waals surface area contributed by atoms with Crippen molar-refractivity contribution in [2.75, 3.05) is 24.8 Å². The van der Waals surface area contributed by atoms with Crippen LogP contribution in [0, 0.1) is 0 Å². The predicted molar refractivity (Wildman–Crippen MR) is 70.1 cm³/mol. The number of ether oxygens (including phenoxy) is 1. The van der Waals surface area contributed by atoms with Crippen molar-refractivity contribution in [2.24, 2.45) is 0 Å². The Hall–Kier alpha value is -1.36. The molecule has 1 unspecified atom stereocenters. The number of nitrogens with zero attached hydrogens (tertiary/aromatic N) is 2. The van der Waals surface area contributed by atoms with Crippen molar-refractivity contribution in [2.45, 2.75) is 39.2 Å². The fourth-order valence-corrected chi connectivity index (χ4v) is 1.69. The minimum atomic E-state index is 0.293. The summed E-state index contributed by atoms with van der Waals surface area (Å²) in [5.74, 6) is 1.68. The van der Waals surface area contributed by atoms with Crippen LogP contribution in [-0.4, -0.2) is 29.7 Å². The van der Waals surface area contributed by atoms with Gasteiger partial charge >= 0.3 is 0 Å². The Labute approximate surface area is 103 Å². The number of nitrogens with two attached hydrogens (primary N) is 1. The number of rotatable bonds is 6. The molecule has 0 spiro atoms. The van der Waals surface area contributed by atoms with Crippen molar-refractivity contribution in [1.29, 1.82) is 0 Å². The highest BCUT2D eigenvalue weighted by Gasteiger charge is 2.14. The van der Waals surface area contributed by atoms with Crippen LogP contribution in [0.2, 0.25) is 0 Å². The highest BCUT2D eigenvalue weighted by atomic mass is 16.5. The number of aromatic nitrogens is 2. The molecule has 0 saturated heterocycles. The Morgan fingerprint density at radius 3 is 2.65 bits per heavy atom. The van der Waals surface area contributed by atoms with Crippen molar-refractivity contribution >= 4 is 11.6 Å². The monoisotopic (exact) mass is 238 g/mol. The molecule has 96 valence electrons. The number of hydrogen-bond donors (Lipinski definition) is 2. The Kier molecular flexibility index (Phi) is 5.15. The third-order valence-corrected chi connectivity index (χ3v) is 2.63. The van der Waals surface area contributed by atoms with Gasteiger partial charge < -0.3 is 15.8 Å².